The Kier molecular flexibility index (Phi) is 5.08. The van der Waals surface area contributed by atoms with E-state index in [9.17, 15) is 39.7 Å². The first kappa shape index (κ1) is 21.5. The van der Waals surface area contributed by atoms with Gasteiger partial charge in [-0.2, -0.15) is 22.0 Å². The van der Waals surface area contributed by atoms with Crippen molar-refractivity contribution in [1.29, 1.82) is 0 Å². The number of fused-ring (bicyclic) bond motifs is 1. The van der Waals surface area contributed by atoms with Crippen molar-refractivity contribution in [3.05, 3.63) is 34.9 Å². The second-order valence-corrected chi connectivity index (χ2v) is 8.28. The van der Waals surface area contributed by atoms with E-state index in [0.717, 1.165) is 0 Å². The van der Waals surface area contributed by atoms with Gasteiger partial charge in [-0.3, -0.25) is 0 Å². The highest BCUT2D eigenvalue weighted by Gasteiger charge is 2.63. The molecule has 0 saturated carbocycles. The smallest absolute Gasteiger partial charge is 0.421 e. The number of hydrogen-bond acceptors (Lipinski definition) is 6. The Bertz CT molecular complexity index is 856. The van der Waals surface area contributed by atoms with Crippen LogP contribution in [0.5, 0.6) is 0 Å². The van der Waals surface area contributed by atoms with Gasteiger partial charge in [-0.25, -0.2) is 13.2 Å². The highest BCUT2D eigenvalue weighted by molar-refractivity contribution is 7.86. The molecule has 1 aliphatic rings. The molecule has 0 amide bonds. The van der Waals surface area contributed by atoms with Crippen LogP contribution in [0.3, 0.4) is 0 Å². The van der Waals surface area contributed by atoms with Crippen LogP contribution >= 0.6 is 0 Å². The van der Waals surface area contributed by atoms with Crippen LogP contribution in [0.15, 0.2) is 18.2 Å². The Labute approximate surface area is 151 Å². The first-order valence-corrected chi connectivity index (χ1v) is 8.78. The molecule has 1 heterocycles. The van der Waals surface area contributed by atoms with Crippen molar-refractivity contribution in [2.45, 2.75) is 50.0 Å². The summed E-state index contributed by atoms with van der Waals surface area (Å²) in [6.45, 7) is 4.92. The average Bonchev–Trinajstić information content (AvgIpc) is 2.78. The van der Waals surface area contributed by atoms with Crippen molar-refractivity contribution in [3.63, 3.8) is 0 Å². The predicted octanol–water partition coefficient (Wildman–Crippen LogP) is 3.24. The minimum Gasteiger partial charge on any atom is -0.743 e. The van der Waals surface area contributed by atoms with Gasteiger partial charge in [-0.1, -0.05) is 32.9 Å². The fraction of sp³-hybridized carbons (Fsp3) is 0.533. The van der Waals surface area contributed by atoms with Gasteiger partial charge >= 0.3 is 17.4 Å². The SMILES string of the molecule is CC(C)(C)c1cccc2c1C(OC(C(F)(F)F)C(F)(F)S(=O)(=O)[O-])OC2=O. The quantitative estimate of drug-likeness (QED) is 0.424. The standard InChI is InChI=1S/C15H15F5O6S/c1-13(2,3)8-6-4-5-7-9(8)11(25-10(7)21)26-12(14(16,17)18)15(19,20)27(22,23)24/h4-6,11-12H,1-3H3,(H,22,23,24)/p-1. The van der Waals surface area contributed by atoms with E-state index in [0.29, 0.717) is 0 Å². The van der Waals surface area contributed by atoms with Crippen LogP contribution in [0, 0.1) is 0 Å². The van der Waals surface area contributed by atoms with E-state index in [1.807, 2.05) is 0 Å². The molecule has 0 fully saturated rings. The van der Waals surface area contributed by atoms with Gasteiger partial charge in [0.1, 0.15) is 0 Å². The molecule has 0 saturated heterocycles. The number of carbonyl (C=O) groups is 1. The lowest BCUT2D eigenvalue weighted by molar-refractivity contribution is -0.300. The topological polar surface area (TPSA) is 92.7 Å². The van der Waals surface area contributed by atoms with Gasteiger partial charge in [0, 0.05) is 5.56 Å². The van der Waals surface area contributed by atoms with Gasteiger partial charge in [0.05, 0.1) is 5.56 Å². The molecular weight excluding hydrogens is 403 g/mol. The summed E-state index contributed by atoms with van der Waals surface area (Å²) in [7, 11) is -6.72. The number of carbonyl (C=O) groups excluding carboxylic acids is 1. The molecule has 0 radical (unpaired) electrons. The number of alkyl halides is 5. The number of esters is 1. The monoisotopic (exact) mass is 417 g/mol. The maximum Gasteiger partial charge on any atom is 0.421 e. The van der Waals surface area contributed by atoms with E-state index >= 15 is 0 Å². The molecule has 1 aromatic rings. The maximum absolute atomic E-state index is 13.7. The molecular formula is C15H14F5O6S-. The van der Waals surface area contributed by atoms with E-state index in [-0.39, 0.29) is 16.7 Å². The summed E-state index contributed by atoms with van der Waals surface area (Å²) in [5.74, 6) is -1.13. The third-order valence-electron chi connectivity index (χ3n) is 3.78. The van der Waals surface area contributed by atoms with Gasteiger partial charge in [0.15, 0.2) is 10.1 Å². The molecule has 12 heteroatoms. The van der Waals surface area contributed by atoms with Gasteiger partial charge < -0.3 is 14.0 Å². The Balaban J connectivity index is 2.57. The lowest BCUT2D eigenvalue weighted by Crippen LogP contribution is -2.52. The molecule has 2 atom stereocenters. The lowest BCUT2D eigenvalue weighted by Gasteiger charge is -2.32. The Hall–Kier alpha value is -1.79. The Morgan fingerprint density at radius 3 is 2.15 bits per heavy atom. The summed E-state index contributed by atoms with van der Waals surface area (Å²) in [6, 6.07) is 4.05. The van der Waals surface area contributed by atoms with E-state index in [1.54, 1.807) is 20.8 Å². The van der Waals surface area contributed by atoms with Crippen LogP contribution in [0.2, 0.25) is 0 Å². The molecule has 6 nitrogen and oxygen atoms in total. The highest BCUT2D eigenvalue weighted by Crippen LogP contribution is 2.45. The molecule has 1 aliphatic heterocycles. The van der Waals surface area contributed by atoms with Crippen LogP contribution in [0.1, 0.15) is 48.5 Å². The van der Waals surface area contributed by atoms with Gasteiger partial charge in [-0.05, 0) is 17.0 Å². The lowest BCUT2D eigenvalue weighted by atomic mass is 9.82. The van der Waals surface area contributed by atoms with Crippen molar-refractivity contribution in [1.82, 2.24) is 0 Å². The zero-order valence-corrected chi connectivity index (χ0v) is 15.0. The minimum atomic E-state index is -6.72. The Morgan fingerprint density at radius 2 is 1.70 bits per heavy atom. The molecule has 0 spiro atoms. The molecule has 0 aliphatic carbocycles. The maximum atomic E-state index is 13.7. The zero-order valence-electron chi connectivity index (χ0n) is 14.1. The summed E-state index contributed by atoms with van der Waals surface area (Å²) in [6.07, 6.45) is -12.5. The predicted molar refractivity (Wildman–Crippen MR) is 78.9 cm³/mol. The molecule has 2 rings (SSSR count). The largest absolute Gasteiger partial charge is 0.743 e. The van der Waals surface area contributed by atoms with Gasteiger partial charge in [0.2, 0.25) is 12.4 Å². The molecule has 0 N–H and O–H groups in total. The first-order chi connectivity index (χ1) is 12.0. The van der Waals surface area contributed by atoms with Crippen molar-refractivity contribution in [2.75, 3.05) is 0 Å². The molecule has 0 bridgehead atoms. The van der Waals surface area contributed by atoms with Crippen molar-refractivity contribution in [2.24, 2.45) is 0 Å². The van der Waals surface area contributed by atoms with Crippen LogP contribution < -0.4 is 0 Å². The molecule has 152 valence electrons. The second-order valence-electron chi connectivity index (χ2n) is 6.83. The van der Waals surface area contributed by atoms with E-state index in [2.05, 4.69) is 9.47 Å². The molecule has 27 heavy (non-hydrogen) atoms. The first-order valence-electron chi connectivity index (χ1n) is 7.37. The summed E-state index contributed by atoms with van der Waals surface area (Å²) >= 11 is 0. The normalized spacial score (nSPS) is 19.6. The van der Waals surface area contributed by atoms with Crippen molar-refractivity contribution < 1.29 is 49.2 Å². The number of hydrogen-bond donors (Lipinski definition) is 0. The number of benzene rings is 1. The minimum absolute atomic E-state index is 0.207. The highest BCUT2D eigenvalue weighted by atomic mass is 32.2. The van der Waals surface area contributed by atoms with Gasteiger partial charge in [0.25, 0.3) is 0 Å². The summed E-state index contributed by atoms with van der Waals surface area (Å²) in [4.78, 5) is 11.9. The number of halogens is 5. The third kappa shape index (κ3) is 3.92. The van der Waals surface area contributed by atoms with Crippen LogP contribution in [0.25, 0.3) is 0 Å². The van der Waals surface area contributed by atoms with E-state index < -0.39 is 45.3 Å². The van der Waals surface area contributed by atoms with Crippen LogP contribution in [-0.4, -0.2) is 36.5 Å². The fourth-order valence-electron chi connectivity index (χ4n) is 2.57. The van der Waals surface area contributed by atoms with E-state index in [4.69, 9.17) is 0 Å². The number of rotatable bonds is 4. The molecule has 0 aromatic heterocycles. The second kappa shape index (κ2) is 6.38. The van der Waals surface area contributed by atoms with Gasteiger partial charge in [-0.15, -0.1) is 0 Å². The third-order valence-corrected chi connectivity index (χ3v) is 4.66. The summed E-state index contributed by atoms with van der Waals surface area (Å²) in [5.41, 5.74) is -0.919. The number of ether oxygens (including phenoxy) is 2. The van der Waals surface area contributed by atoms with Crippen LogP contribution in [0.4, 0.5) is 22.0 Å². The molecule has 2 unspecified atom stereocenters. The van der Waals surface area contributed by atoms with Crippen molar-refractivity contribution >= 4 is 16.1 Å². The Morgan fingerprint density at radius 1 is 1.15 bits per heavy atom. The summed E-state index contributed by atoms with van der Waals surface area (Å²) in [5, 5.41) is -5.84. The summed E-state index contributed by atoms with van der Waals surface area (Å²) < 4.78 is 107. The fourth-order valence-corrected chi connectivity index (χ4v) is 3.02. The molecule has 1 aromatic carbocycles. The van der Waals surface area contributed by atoms with E-state index in [1.165, 1.54) is 18.2 Å². The zero-order chi connectivity index (χ0) is 21.0. The number of cyclic esters (lactones) is 1. The van der Waals surface area contributed by atoms with Crippen molar-refractivity contribution in [3.8, 4) is 0 Å². The van der Waals surface area contributed by atoms with Crippen LogP contribution in [-0.2, 0) is 25.0 Å². The average molecular weight is 417 g/mol.